The zero-order valence-corrected chi connectivity index (χ0v) is 9.54. The molecule has 1 aliphatic heterocycles. The van der Waals surface area contributed by atoms with Crippen LogP contribution in [0, 0.1) is 0 Å². The summed E-state index contributed by atoms with van der Waals surface area (Å²) in [4.78, 5) is 4.27. The molecule has 4 heteroatoms. The monoisotopic (exact) mass is 236 g/mol. The summed E-state index contributed by atoms with van der Waals surface area (Å²) < 4.78 is 5.77. The Labute approximate surface area is 100 Å². The van der Waals surface area contributed by atoms with Gasteiger partial charge in [0, 0.05) is 24.7 Å². The zero-order chi connectivity index (χ0) is 10.1. The minimum atomic E-state index is 0. The summed E-state index contributed by atoms with van der Waals surface area (Å²) in [6, 6.07) is 10.0. The highest BCUT2D eigenvalue weighted by atomic mass is 35.5. The van der Waals surface area contributed by atoms with Gasteiger partial charge in [0.2, 0.25) is 0 Å². The van der Waals surface area contributed by atoms with Gasteiger partial charge >= 0.3 is 0 Å². The third kappa shape index (κ3) is 2.10. The minimum Gasteiger partial charge on any atom is -0.488 e. The van der Waals surface area contributed by atoms with Gasteiger partial charge in [0.25, 0.3) is 0 Å². The van der Waals surface area contributed by atoms with E-state index in [1.54, 1.807) is 6.20 Å². The Hall–Kier alpha value is -1.32. The highest BCUT2D eigenvalue weighted by Gasteiger charge is 2.18. The third-order valence-electron chi connectivity index (χ3n) is 2.62. The van der Waals surface area contributed by atoms with E-state index >= 15 is 0 Å². The molecule has 2 aromatic rings. The number of aromatic nitrogens is 1. The van der Waals surface area contributed by atoms with Gasteiger partial charge in [-0.3, -0.25) is 4.98 Å². The molecular weight excluding hydrogens is 224 g/mol. The fraction of sp³-hybridized carbons (Fsp3) is 0.250. The maximum atomic E-state index is 5.77. The topological polar surface area (TPSA) is 34.1 Å². The predicted octanol–water partition coefficient (Wildman–Crippen LogP) is 2.01. The van der Waals surface area contributed by atoms with Crippen LogP contribution in [-0.2, 0) is 0 Å². The molecule has 84 valence electrons. The van der Waals surface area contributed by atoms with Crippen molar-refractivity contribution in [2.45, 2.75) is 6.10 Å². The first-order chi connectivity index (χ1) is 7.42. The zero-order valence-electron chi connectivity index (χ0n) is 8.72. The number of hydrogen-bond donors (Lipinski definition) is 1. The van der Waals surface area contributed by atoms with Crippen molar-refractivity contribution >= 4 is 23.3 Å². The first-order valence-corrected chi connectivity index (χ1v) is 5.14. The number of rotatable bonds is 2. The van der Waals surface area contributed by atoms with Gasteiger partial charge in [-0.1, -0.05) is 6.07 Å². The number of nitrogens with zero attached hydrogens (tertiary/aromatic N) is 1. The van der Waals surface area contributed by atoms with E-state index in [1.807, 2.05) is 30.3 Å². The molecule has 0 spiro atoms. The lowest BCUT2D eigenvalue weighted by Crippen LogP contribution is -2.50. The molecule has 1 aliphatic rings. The summed E-state index contributed by atoms with van der Waals surface area (Å²) in [5, 5.41) is 4.31. The molecule has 0 bridgehead atoms. The van der Waals surface area contributed by atoms with Crippen LogP contribution in [0.15, 0.2) is 36.5 Å². The van der Waals surface area contributed by atoms with Gasteiger partial charge in [0.05, 0.1) is 5.52 Å². The van der Waals surface area contributed by atoms with Gasteiger partial charge < -0.3 is 10.1 Å². The van der Waals surface area contributed by atoms with Crippen LogP contribution in [0.5, 0.6) is 5.75 Å². The second-order valence-corrected chi connectivity index (χ2v) is 3.76. The predicted molar refractivity (Wildman–Crippen MR) is 66.3 cm³/mol. The maximum absolute atomic E-state index is 5.77. The van der Waals surface area contributed by atoms with Crippen LogP contribution >= 0.6 is 12.4 Å². The second kappa shape index (κ2) is 4.68. The number of hydrogen-bond acceptors (Lipinski definition) is 3. The van der Waals surface area contributed by atoms with E-state index in [0.29, 0.717) is 6.10 Å². The number of pyridine rings is 1. The molecule has 3 nitrogen and oxygen atoms in total. The average Bonchev–Trinajstić information content (AvgIpc) is 2.23. The SMILES string of the molecule is Cl.c1cnc2ccc(OC3CNC3)cc2c1. The van der Waals surface area contributed by atoms with Crippen LogP contribution in [0.2, 0.25) is 0 Å². The summed E-state index contributed by atoms with van der Waals surface area (Å²) >= 11 is 0. The van der Waals surface area contributed by atoms with Gasteiger partial charge in [-0.05, 0) is 24.3 Å². The van der Waals surface area contributed by atoms with E-state index in [4.69, 9.17) is 4.74 Å². The van der Waals surface area contributed by atoms with Crippen molar-refractivity contribution in [1.82, 2.24) is 10.3 Å². The second-order valence-electron chi connectivity index (χ2n) is 3.76. The highest BCUT2D eigenvalue weighted by Crippen LogP contribution is 2.20. The molecule has 1 saturated heterocycles. The molecule has 3 rings (SSSR count). The number of nitrogens with one attached hydrogen (secondary N) is 1. The summed E-state index contributed by atoms with van der Waals surface area (Å²) in [6.07, 6.45) is 2.14. The van der Waals surface area contributed by atoms with E-state index in [0.717, 1.165) is 29.7 Å². The molecule has 16 heavy (non-hydrogen) atoms. The van der Waals surface area contributed by atoms with E-state index in [9.17, 15) is 0 Å². The van der Waals surface area contributed by atoms with Gasteiger partial charge in [-0.2, -0.15) is 0 Å². The van der Waals surface area contributed by atoms with Gasteiger partial charge in [0.15, 0.2) is 0 Å². The van der Waals surface area contributed by atoms with Gasteiger partial charge in [-0.15, -0.1) is 12.4 Å². The fourth-order valence-corrected chi connectivity index (χ4v) is 1.66. The first kappa shape index (κ1) is 11.2. The van der Waals surface area contributed by atoms with Crippen molar-refractivity contribution in [3.8, 4) is 5.75 Å². The molecular formula is C12H13ClN2O. The lowest BCUT2D eigenvalue weighted by molar-refractivity contribution is 0.142. The molecule has 2 heterocycles. The van der Waals surface area contributed by atoms with Crippen LogP contribution < -0.4 is 10.1 Å². The Morgan fingerprint density at radius 1 is 1.25 bits per heavy atom. The van der Waals surface area contributed by atoms with E-state index in [-0.39, 0.29) is 12.4 Å². The molecule has 0 unspecified atom stereocenters. The Bertz CT molecular complexity index is 485. The van der Waals surface area contributed by atoms with Crippen molar-refractivity contribution in [1.29, 1.82) is 0 Å². The van der Waals surface area contributed by atoms with Gasteiger partial charge in [0.1, 0.15) is 11.9 Å². The molecule has 1 aromatic carbocycles. The number of benzene rings is 1. The van der Waals surface area contributed by atoms with Crippen LogP contribution in [0.3, 0.4) is 0 Å². The van der Waals surface area contributed by atoms with Crippen LogP contribution in [-0.4, -0.2) is 24.2 Å². The van der Waals surface area contributed by atoms with Crippen LogP contribution in [0.4, 0.5) is 0 Å². The Morgan fingerprint density at radius 3 is 2.88 bits per heavy atom. The lowest BCUT2D eigenvalue weighted by atomic mass is 10.2. The molecule has 0 aliphatic carbocycles. The fourth-order valence-electron chi connectivity index (χ4n) is 1.66. The van der Waals surface area contributed by atoms with Crippen LogP contribution in [0.1, 0.15) is 0 Å². The molecule has 0 amide bonds. The number of halogens is 1. The molecule has 1 N–H and O–H groups in total. The van der Waals surface area contributed by atoms with Crippen molar-refractivity contribution in [3.05, 3.63) is 36.5 Å². The molecule has 0 radical (unpaired) electrons. The van der Waals surface area contributed by atoms with E-state index < -0.39 is 0 Å². The minimum absolute atomic E-state index is 0. The first-order valence-electron chi connectivity index (χ1n) is 5.14. The lowest BCUT2D eigenvalue weighted by Gasteiger charge is -2.27. The van der Waals surface area contributed by atoms with Crippen molar-refractivity contribution in [3.63, 3.8) is 0 Å². The Balaban J connectivity index is 0.000000963. The Morgan fingerprint density at radius 2 is 2.12 bits per heavy atom. The molecule has 1 aromatic heterocycles. The number of fused-ring (bicyclic) bond motifs is 1. The standard InChI is InChI=1S/C12H12N2O.ClH/c1-2-9-6-10(15-11-7-13-8-11)3-4-12(9)14-5-1;/h1-6,11,13H,7-8H2;1H. The quantitative estimate of drug-likeness (QED) is 0.866. The smallest absolute Gasteiger partial charge is 0.123 e. The summed E-state index contributed by atoms with van der Waals surface area (Å²) in [7, 11) is 0. The van der Waals surface area contributed by atoms with E-state index in [2.05, 4.69) is 10.3 Å². The van der Waals surface area contributed by atoms with Crippen molar-refractivity contribution in [2.75, 3.05) is 13.1 Å². The summed E-state index contributed by atoms with van der Waals surface area (Å²) in [6.45, 7) is 1.90. The van der Waals surface area contributed by atoms with Crippen molar-refractivity contribution in [2.24, 2.45) is 0 Å². The normalized spacial score (nSPS) is 15.2. The highest BCUT2D eigenvalue weighted by molar-refractivity contribution is 5.85. The summed E-state index contributed by atoms with van der Waals surface area (Å²) in [5.41, 5.74) is 1.01. The molecule has 0 saturated carbocycles. The summed E-state index contributed by atoms with van der Waals surface area (Å²) in [5.74, 6) is 0.932. The number of ether oxygens (including phenoxy) is 1. The molecule has 0 atom stereocenters. The van der Waals surface area contributed by atoms with E-state index in [1.165, 1.54) is 0 Å². The third-order valence-corrected chi connectivity index (χ3v) is 2.62. The van der Waals surface area contributed by atoms with Crippen LogP contribution in [0.25, 0.3) is 10.9 Å². The maximum Gasteiger partial charge on any atom is 0.123 e. The Kier molecular flexibility index (Phi) is 3.27. The molecule has 1 fully saturated rings. The average molecular weight is 237 g/mol. The van der Waals surface area contributed by atoms with Crippen molar-refractivity contribution < 1.29 is 4.74 Å². The largest absolute Gasteiger partial charge is 0.488 e. The van der Waals surface area contributed by atoms with Gasteiger partial charge in [-0.25, -0.2) is 0 Å².